The van der Waals surface area contributed by atoms with E-state index in [-0.39, 0.29) is 18.4 Å². The lowest BCUT2D eigenvalue weighted by Gasteiger charge is -2.29. The molecular formula is C28H26N2O5. The molecule has 3 aromatic carbocycles. The molecule has 0 atom stereocenters. The lowest BCUT2D eigenvalue weighted by Crippen LogP contribution is -2.42. The van der Waals surface area contributed by atoms with Crippen molar-refractivity contribution in [3.8, 4) is 11.5 Å². The SMILES string of the molecule is CCNC(=O)COc1ccc(/C=C2\C(=O)N(c3ccccc3C)C(=O)c3ccccc32)cc1OC. The number of fused-ring (bicyclic) bond motifs is 1. The number of nitrogens with zero attached hydrogens (tertiary/aromatic N) is 1. The Balaban J connectivity index is 1.74. The number of amides is 3. The minimum atomic E-state index is -0.404. The van der Waals surface area contributed by atoms with Crippen molar-refractivity contribution in [1.82, 2.24) is 5.32 Å². The smallest absolute Gasteiger partial charge is 0.265 e. The van der Waals surface area contributed by atoms with Gasteiger partial charge in [-0.2, -0.15) is 0 Å². The first-order valence-corrected chi connectivity index (χ1v) is 11.3. The number of methoxy groups -OCH3 is 1. The molecule has 7 heteroatoms. The number of benzene rings is 3. The summed E-state index contributed by atoms with van der Waals surface area (Å²) >= 11 is 0. The van der Waals surface area contributed by atoms with Crippen LogP contribution in [-0.4, -0.2) is 38.0 Å². The number of nitrogens with one attached hydrogen (secondary N) is 1. The number of para-hydroxylation sites is 1. The highest BCUT2D eigenvalue weighted by Crippen LogP contribution is 2.36. The van der Waals surface area contributed by atoms with Crippen LogP contribution in [0.2, 0.25) is 0 Å². The van der Waals surface area contributed by atoms with Crippen molar-refractivity contribution in [1.29, 1.82) is 0 Å². The van der Waals surface area contributed by atoms with Crippen LogP contribution in [0.15, 0.2) is 66.7 Å². The van der Waals surface area contributed by atoms with Gasteiger partial charge in [0.25, 0.3) is 17.7 Å². The van der Waals surface area contributed by atoms with E-state index in [1.165, 1.54) is 12.0 Å². The van der Waals surface area contributed by atoms with Crippen LogP contribution in [0, 0.1) is 6.92 Å². The van der Waals surface area contributed by atoms with Crippen LogP contribution < -0.4 is 19.7 Å². The number of aryl methyl sites for hydroxylation is 1. The van der Waals surface area contributed by atoms with Crippen LogP contribution in [0.1, 0.15) is 34.0 Å². The van der Waals surface area contributed by atoms with Crippen LogP contribution in [0.3, 0.4) is 0 Å². The molecule has 0 saturated heterocycles. The lowest BCUT2D eigenvalue weighted by atomic mass is 9.91. The van der Waals surface area contributed by atoms with Crippen LogP contribution in [-0.2, 0) is 9.59 Å². The van der Waals surface area contributed by atoms with Gasteiger partial charge in [0.2, 0.25) is 0 Å². The quantitative estimate of drug-likeness (QED) is 0.412. The van der Waals surface area contributed by atoms with Crippen molar-refractivity contribution in [3.63, 3.8) is 0 Å². The highest BCUT2D eigenvalue weighted by Gasteiger charge is 2.36. The maximum atomic E-state index is 13.7. The second-order valence-electron chi connectivity index (χ2n) is 7.99. The first kappa shape index (κ1) is 23.8. The van der Waals surface area contributed by atoms with Crippen LogP contribution >= 0.6 is 0 Å². The zero-order valence-electron chi connectivity index (χ0n) is 19.8. The highest BCUT2D eigenvalue weighted by atomic mass is 16.5. The van der Waals surface area contributed by atoms with Gasteiger partial charge in [-0.15, -0.1) is 0 Å². The summed E-state index contributed by atoms with van der Waals surface area (Å²) in [7, 11) is 1.50. The van der Waals surface area contributed by atoms with Crippen molar-refractivity contribution in [3.05, 3.63) is 89.0 Å². The minimum Gasteiger partial charge on any atom is -0.493 e. The number of ether oxygens (including phenoxy) is 2. The second-order valence-corrected chi connectivity index (χ2v) is 7.99. The Hall–Kier alpha value is -4.39. The van der Waals surface area contributed by atoms with Crippen LogP contribution in [0.5, 0.6) is 11.5 Å². The summed E-state index contributed by atoms with van der Waals surface area (Å²) in [6.07, 6.45) is 1.73. The molecule has 0 unspecified atom stereocenters. The Labute approximate surface area is 204 Å². The molecule has 3 aromatic rings. The lowest BCUT2D eigenvalue weighted by molar-refractivity contribution is -0.123. The average Bonchev–Trinajstić information content (AvgIpc) is 2.87. The summed E-state index contributed by atoms with van der Waals surface area (Å²) in [5.41, 5.74) is 3.47. The second kappa shape index (κ2) is 10.3. The van der Waals surface area contributed by atoms with E-state index in [1.54, 1.807) is 60.7 Å². The largest absolute Gasteiger partial charge is 0.493 e. The van der Waals surface area contributed by atoms with E-state index in [0.717, 1.165) is 5.56 Å². The minimum absolute atomic E-state index is 0.135. The van der Waals surface area contributed by atoms with Crippen molar-refractivity contribution in [2.45, 2.75) is 13.8 Å². The Morgan fingerprint density at radius 3 is 2.37 bits per heavy atom. The Bertz CT molecular complexity index is 1330. The number of carbonyl (C=O) groups is 3. The summed E-state index contributed by atoms with van der Waals surface area (Å²) < 4.78 is 11.0. The zero-order valence-corrected chi connectivity index (χ0v) is 19.8. The number of hydrogen-bond acceptors (Lipinski definition) is 5. The van der Waals surface area contributed by atoms with E-state index in [0.29, 0.717) is 46.0 Å². The van der Waals surface area contributed by atoms with Crippen molar-refractivity contribution < 1.29 is 23.9 Å². The summed E-state index contributed by atoms with van der Waals surface area (Å²) in [5, 5.41) is 2.67. The number of imide groups is 1. The van der Waals surface area contributed by atoms with Gasteiger partial charge in [0.05, 0.1) is 12.8 Å². The fourth-order valence-corrected chi connectivity index (χ4v) is 3.98. The topological polar surface area (TPSA) is 84.9 Å². The van der Waals surface area contributed by atoms with Crippen LogP contribution in [0.4, 0.5) is 5.69 Å². The monoisotopic (exact) mass is 470 g/mol. The summed E-state index contributed by atoms with van der Waals surface area (Å²) in [6.45, 7) is 4.08. The molecule has 0 aromatic heterocycles. The van der Waals surface area contributed by atoms with E-state index in [9.17, 15) is 14.4 Å². The maximum Gasteiger partial charge on any atom is 0.265 e. The molecule has 0 aliphatic carbocycles. The standard InChI is InChI=1S/C28H26N2O5/c1-4-29-26(31)17-35-24-14-13-19(16-25(24)34-3)15-22-20-10-6-7-11-21(20)27(32)30(28(22)33)23-12-8-5-9-18(23)2/h5-16H,4,17H2,1-3H3,(H,29,31)/b22-15-. The zero-order chi connectivity index (χ0) is 24.9. The van der Waals surface area contributed by atoms with E-state index >= 15 is 0 Å². The Morgan fingerprint density at radius 2 is 1.66 bits per heavy atom. The molecule has 35 heavy (non-hydrogen) atoms. The van der Waals surface area contributed by atoms with Crippen molar-refractivity contribution in [2.75, 3.05) is 25.2 Å². The third-order valence-corrected chi connectivity index (χ3v) is 5.67. The molecule has 1 N–H and O–H groups in total. The molecule has 3 amide bonds. The van der Waals surface area contributed by atoms with Gasteiger partial charge in [-0.1, -0.05) is 42.5 Å². The molecule has 7 nitrogen and oxygen atoms in total. The highest BCUT2D eigenvalue weighted by molar-refractivity contribution is 6.43. The molecule has 1 aliphatic heterocycles. The number of likely N-dealkylation sites (N-methyl/N-ethyl adjacent to an activating group) is 1. The van der Waals surface area contributed by atoms with Gasteiger partial charge in [0.1, 0.15) is 0 Å². The molecule has 0 bridgehead atoms. The van der Waals surface area contributed by atoms with Gasteiger partial charge in [0, 0.05) is 17.7 Å². The molecule has 0 fully saturated rings. The van der Waals surface area contributed by atoms with Gasteiger partial charge in [0.15, 0.2) is 18.1 Å². The molecule has 0 saturated carbocycles. The molecule has 178 valence electrons. The third-order valence-electron chi connectivity index (χ3n) is 5.67. The Morgan fingerprint density at radius 1 is 0.943 bits per heavy atom. The normalized spacial score (nSPS) is 14.0. The summed E-state index contributed by atoms with van der Waals surface area (Å²) in [4.78, 5) is 39.9. The van der Waals surface area contributed by atoms with Gasteiger partial charge in [-0.05, 0) is 60.9 Å². The first-order valence-electron chi connectivity index (χ1n) is 11.3. The number of rotatable bonds is 7. The van der Waals surface area contributed by atoms with E-state index < -0.39 is 5.91 Å². The van der Waals surface area contributed by atoms with E-state index in [2.05, 4.69) is 5.32 Å². The van der Waals surface area contributed by atoms with Crippen LogP contribution in [0.25, 0.3) is 11.6 Å². The van der Waals surface area contributed by atoms with Crippen molar-refractivity contribution >= 4 is 35.1 Å². The van der Waals surface area contributed by atoms with Gasteiger partial charge in [-0.3, -0.25) is 14.4 Å². The predicted molar refractivity (Wildman–Crippen MR) is 134 cm³/mol. The summed E-state index contributed by atoms with van der Waals surface area (Å²) in [5.74, 6) is -0.159. The summed E-state index contributed by atoms with van der Waals surface area (Å²) in [6, 6.07) is 19.6. The van der Waals surface area contributed by atoms with Gasteiger partial charge in [-0.25, -0.2) is 4.90 Å². The van der Waals surface area contributed by atoms with Gasteiger partial charge < -0.3 is 14.8 Å². The van der Waals surface area contributed by atoms with E-state index in [4.69, 9.17) is 9.47 Å². The average molecular weight is 471 g/mol. The molecule has 0 radical (unpaired) electrons. The number of anilines is 1. The molecular weight excluding hydrogens is 444 g/mol. The maximum absolute atomic E-state index is 13.7. The molecule has 1 aliphatic rings. The number of hydrogen-bond donors (Lipinski definition) is 1. The van der Waals surface area contributed by atoms with E-state index in [1.807, 2.05) is 26.0 Å². The molecule has 4 rings (SSSR count). The molecule has 1 heterocycles. The third kappa shape index (κ3) is 4.80. The first-order chi connectivity index (χ1) is 16.9. The Kier molecular flexibility index (Phi) is 6.96. The molecule has 0 spiro atoms. The fraction of sp³-hybridized carbons (Fsp3) is 0.179. The fourth-order valence-electron chi connectivity index (χ4n) is 3.98. The number of carbonyl (C=O) groups excluding carboxylic acids is 3. The predicted octanol–water partition coefficient (Wildman–Crippen LogP) is 4.25. The van der Waals surface area contributed by atoms with Crippen molar-refractivity contribution in [2.24, 2.45) is 0 Å². The van der Waals surface area contributed by atoms with Gasteiger partial charge >= 0.3 is 0 Å².